The highest BCUT2D eigenvalue weighted by Gasteiger charge is 2.26. The molecule has 2 heterocycles. The second-order valence-corrected chi connectivity index (χ2v) is 12.3. The molecular formula is C22H25N5O6S2. The number of benzene rings is 2. The standard InChI is InChI=1S/C22H25N5O6S2/c1-26(2)34(29,30)18-12-8-17(9-13-18)21-24-25-22(33-21)23-20(28)16-6-10-19(11-7-16)35(31,32)27-14-4-3-5-15-27/h6-13H,3-5,14-15H2,1-2H3,(H,23,25,28). The molecule has 3 aromatic rings. The Morgan fingerprint density at radius 3 is 2.09 bits per heavy atom. The van der Waals surface area contributed by atoms with E-state index in [1.165, 1.54) is 66.9 Å². The average Bonchev–Trinajstić information content (AvgIpc) is 3.33. The molecule has 1 saturated heterocycles. The van der Waals surface area contributed by atoms with Gasteiger partial charge in [-0.3, -0.25) is 10.1 Å². The van der Waals surface area contributed by atoms with Crippen LogP contribution in [-0.2, 0) is 20.0 Å². The summed E-state index contributed by atoms with van der Waals surface area (Å²) in [5.74, 6) is -0.452. The first kappa shape index (κ1) is 25.0. The normalized spacial score (nSPS) is 15.3. The van der Waals surface area contributed by atoms with E-state index in [0.717, 1.165) is 23.6 Å². The van der Waals surface area contributed by atoms with Gasteiger partial charge in [0, 0.05) is 38.3 Å². The highest BCUT2D eigenvalue weighted by Crippen LogP contribution is 2.24. The zero-order valence-corrected chi connectivity index (χ0v) is 20.8. The molecule has 1 N–H and O–H groups in total. The first-order chi connectivity index (χ1) is 16.6. The van der Waals surface area contributed by atoms with Crippen molar-refractivity contribution in [1.82, 2.24) is 18.8 Å². The van der Waals surface area contributed by atoms with E-state index in [9.17, 15) is 21.6 Å². The molecule has 1 aliphatic rings. The molecule has 0 saturated carbocycles. The number of hydrogen-bond acceptors (Lipinski definition) is 8. The molecule has 186 valence electrons. The highest BCUT2D eigenvalue weighted by molar-refractivity contribution is 7.89. The molecule has 13 heteroatoms. The summed E-state index contributed by atoms with van der Waals surface area (Å²) in [6, 6.07) is 11.4. The lowest BCUT2D eigenvalue weighted by molar-refractivity contribution is 0.102. The van der Waals surface area contributed by atoms with Crippen molar-refractivity contribution in [2.45, 2.75) is 29.1 Å². The third-order valence-corrected chi connectivity index (χ3v) is 9.34. The van der Waals surface area contributed by atoms with Crippen LogP contribution in [0.5, 0.6) is 0 Å². The fourth-order valence-corrected chi connectivity index (χ4v) is 5.99. The number of anilines is 1. The molecule has 0 bridgehead atoms. The molecule has 4 rings (SSSR count). The van der Waals surface area contributed by atoms with Crippen molar-refractivity contribution >= 4 is 32.0 Å². The quantitative estimate of drug-likeness (QED) is 0.501. The summed E-state index contributed by atoms with van der Waals surface area (Å²) in [6.07, 6.45) is 2.70. The Morgan fingerprint density at radius 1 is 0.886 bits per heavy atom. The van der Waals surface area contributed by atoms with Gasteiger partial charge in [0.2, 0.25) is 25.9 Å². The van der Waals surface area contributed by atoms with Gasteiger partial charge < -0.3 is 4.42 Å². The van der Waals surface area contributed by atoms with Crippen molar-refractivity contribution in [2.75, 3.05) is 32.5 Å². The second kappa shape index (κ2) is 9.85. The molecule has 35 heavy (non-hydrogen) atoms. The summed E-state index contributed by atoms with van der Waals surface area (Å²) in [7, 11) is -4.27. The van der Waals surface area contributed by atoms with Gasteiger partial charge in [-0.25, -0.2) is 21.1 Å². The maximum absolute atomic E-state index is 12.8. The molecule has 0 aliphatic carbocycles. The number of aromatic nitrogens is 2. The van der Waals surface area contributed by atoms with Gasteiger partial charge in [0.25, 0.3) is 5.91 Å². The first-order valence-electron chi connectivity index (χ1n) is 10.9. The van der Waals surface area contributed by atoms with Gasteiger partial charge in [0.15, 0.2) is 0 Å². The summed E-state index contributed by atoms with van der Waals surface area (Å²) in [5.41, 5.74) is 0.698. The van der Waals surface area contributed by atoms with Gasteiger partial charge in [-0.2, -0.15) is 4.31 Å². The first-order valence-corrected chi connectivity index (χ1v) is 13.7. The maximum Gasteiger partial charge on any atom is 0.322 e. The molecular weight excluding hydrogens is 494 g/mol. The molecule has 1 fully saturated rings. The van der Waals surface area contributed by atoms with E-state index < -0.39 is 26.0 Å². The summed E-state index contributed by atoms with van der Waals surface area (Å²) in [4.78, 5) is 12.8. The summed E-state index contributed by atoms with van der Waals surface area (Å²) < 4.78 is 58.0. The van der Waals surface area contributed by atoms with Crippen LogP contribution < -0.4 is 5.32 Å². The average molecular weight is 520 g/mol. The van der Waals surface area contributed by atoms with Crippen LogP contribution in [0, 0.1) is 0 Å². The van der Waals surface area contributed by atoms with E-state index in [4.69, 9.17) is 4.42 Å². The molecule has 1 aromatic heterocycles. The topological polar surface area (TPSA) is 143 Å². The van der Waals surface area contributed by atoms with Gasteiger partial charge >= 0.3 is 6.01 Å². The number of carbonyl (C=O) groups excluding carboxylic acids is 1. The number of nitrogens with zero attached hydrogens (tertiary/aromatic N) is 4. The van der Waals surface area contributed by atoms with Crippen molar-refractivity contribution in [2.24, 2.45) is 0 Å². The minimum Gasteiger partial charge on any atom is -0.403 e. The Bertz CT molecular complexity index is 1410. The van der Waals surface area contributed by atoms with E-state index in [-0.39, 0.29) is 27.3 Å². The SMILES string of the molecule is CN(C)S(=O)(=O)c1ccc(-c2nnc(NC(=O)c3ccc(S(=O)(=O)N4CCCCC4)cc3)o2)cc1. The van der Waals surface area contributed by atoms with Crippen molar-refractivity contribution in [1.29, 1.82) is 0 Å². The molecule has 0 unspecified atom stereocenters. The zero-order valence-electron chi connectivity index (χ0n) is 19.2. The lowest BCUT2D eigenvalue weighted by atomic mass is 10.2. The number of amides is 1. The van der Waals surface area contributed by atoms with Gasteiger partial charge in [-0.05, 0) is 61.4 Å². The Labute approximate surface area is 203 Å². The van der Waals surface area contributed by atoms with Crippen molar-refractivity contribution < 1.29 is 26.0 Å². The minimum atomic E-state index is -3.59. The van der Waals surface area contributed by atoms with E-state index >= 15 is 0 Å². The predicted octanol–water partition coefficient (Wildman–Crippen LogP) is 2.41. The number of carbonyl (C=O) groups is 1. The van der Waals surface area contributed by atoms with Crippen LogP contribution in [-0.4, -0.2) is 68.7 Å². The van der Waals surface area contributed by atoms with Crippen LogP contribution in [0.25, 0.3) is 11.5 Å². The summed E-state index contributed by atoms with van der Waals surface area (Å²) in [5, 5.41) is 10.2. The number of rotatable bonds is 7. The minimum absolute atomic E-state index is 0.0945. The predicted molar refractivity (Wildman–Crippen MR) is 128 cm³/mol. The molecule has 2 aromatic carbocycles. The van der Waals surface area contributed by atoms with Crippen LogP contribution in [0.1, 0.15) is 29.6 Å². The van der Waals surface area contributed by atoms with Gasteiger partial charge in [-0.15, -0.1) is 5.10 Å². The van der Waals surface area contributed by atoms with Crippen LogP contribution >= 0.6 is 0 Å². The van der Waals surface area contributed by atoms with Crippen molar-refractivity contribution in [3.8, 4) is 11.5 Å². The van der Waals surface area contributed by atoms with E-state index in [2.05, 4.69) is 15.5 Å². The van der Waals surface area contributed by atoms with Crippen LogP contribution in [0.2, 0.25) is 0 Å². The molecule has 1 amide bonds. The number of piperidine rings is 1. The van der Waals surface area contributed by atoms with E-state index in [1.807, 2.05) is 0 Å². The van der Waals surface area contributed by atoms with E-state index in [0.29, 0.717) is 18.7 Å². The largest absolute Gasteiger partial charge is 0.403 e. The molecule has 0 radical (unpaired) electrons. The van der Waals surface area contributed by atoms with E-state index in [1.54, 1.807) is 0 Å². The molecule has 0 atom stereocenters. The van der Waals surface area contributed by atoms with Crippen molar-refractivity contribution in [3.05, 3.63) is 54.1 Å². The fourth-order valence-electron chi connectivity index (χ4n) is 3.57. The highest BCUT2D eigenvalue weighted by atomic mass is 32.2. The maximum atomic E-state index is 12.8. The molecule has 11 nitrogen and oxygen atoms in total. The summed E-state index contributed by atoms with van der Waals surface area (Å²) in [6.45, 7) is 0.997. The lowest BCUT2D eigenvalue weighted by Gasteiger charge is -2.25. The van der Waals surface area contributed by atoms with Crippen LogP contribution in [0.15, 0.2) is 62.7 Å². The number of nitrogens with one attached hydrogen (secondary N) is 1. The van der Waals surface area contributed by atoms with Crippen molar-refractivity contribution in [3.63, 3.8) is 0 Å². The fraction of sp³-hybridized carbons (Fsp3) is 0.318. The van der Waals surface area contributed by atoms with Crippen LogP contribution in [0.4, 0.5) is 6.01 Å². The Hall–Kier alpha value is -3.13. The zero-order chi connectivity index (χ0) is 25.2. The third kappa shape index (κ3) is 5.27. The third-order valence-electron chi connectivity index (χ3n) is 5.59. The Kier molecular flexibility index (Phi) is 7.03. The molecule has 1 aliphatic heterocycles. The number of hydrogen-bond donors (Lipinski definition) is 1. The van der Waals surface area contributed by atoms with Crippen LogP contribution in [0.3, 0.4) is 0 Å². The smallest absolute Gasteiger partial charge is 0.322 e. The van der Waals surface area contributed by atoms with Gasteiger partial charge in [-0.1, -0.05) is 11.5 Å². The van der Waals surface area contributed by atoms with Gasteiger partial charge in [0.05, 0.1) is 9.79 Å². The Balaban J connectivity index is 1.44. The molecule has 0 spiro atoms. The number of sulfonamides is 2. The lowest BCUT2D eigenvalue weighted by Crippen LogP contribution is -2.35. The second-order valence-electron chi connectivity index (χ2n) is 8.17. The monoisotopic (exact) mass is 519 g/mol. The van der Waals surface area contributed by atoms with Gasteiger partial charge in [0.1, 0.15) is 0 Å². The Morgan fingerprint density at radius 2 is 1.49 bits per heavy atom. The summed E-state index contributed by atoms with van der Waals surface area (Å²) >= 11 is 0.